The fourth-order valence-corrected chi connectivity index (χ4v) is 3.43. The van der Waals surface area contributed by atoms with Gasteiger partial charge in [0.25, 0.3) is 11.8 Å². The van der Waals surface area contributed by atoms with Crippen LogP contribution in [0.4, 0.5) is 10.7 Å². The molecule has 3 rings (SSSR count). The number of amides is 2. The first-order chi connectivity index (χ1) is 12.0. The first-order valence-electron chi connectivity index (χ1n) is 7.75. The van der Waals surface area contributed by atoms with E-state index in [1.165, 1.54) is 17.6 Å². The molecule has 3 aromatic rings. The lowest BCUT2D eigenvalue weighted by Gasteiger charge is -2.19. The molecule has 0 unspecified atom stereocenters. The van der Waals surface area contributed by atoms with Crippen LogP contribution in [0.5, 0.6) is 0 Å². The Morgan fingerprint density at radius 3 is 2.60 bits per heavy atom. The monoisotopic (exact) mass is 354 g/mol. The SMILES string of the molecule is Cc1ccc(N(C)C(=O)c2ccc(NC(=O)c3ccco3)s2)c(C)c1. The van der Waals surface area contributed by atoms with Crippen LogP contribution >= 0.6 is 11.3 Å². The summed E-state index contributed by atoms with van der Waals surface area (Å²) < 4.78 is 5.06. The zero-order valence-corrected chi connectivity index (χ0v) is 15.0. The van der Waals surface area contributed by atoms with Gasteiger partial charge < -0.3 is 14.6 Å². The van der Waals surface area contributed by atoms with Crippen molar-refractivity contribution >= 4 is 33.8 Å². The largest absolute Gasteiger partial charge is 0.459 e. The Balaban J connectivity index is 1.75. The number of rotatable bonds is 4. The molecule has 5 nitrogen and oxygen atoms in total. The first-order valence-corrected chi connectivity index (χ1v) is 8.57. The Hall–Kier alpha value is -2.86. The number of thiophene rings is 1. The number of anilines is 2. The molecule has 2 amide bonds. The number of hydrogen-bond acceptors (Lipinski definition) is 4. The lowest BCUT2D eigenvalue weighted by molar-refractivity contribution is 0.0989. The second-order valence-corrected chi connectivity index (χ2v) is 6.83. The molecule has 0 bridgehead atoms. The Labute approximate surface area is 149 Å². The van der Waals surface area contributed by atoms with Crippen LogP contribution in [-0.4, -0.2) is 18.9 Å². The molecule has 0 aliphatic rings. The average Bonchev–Trinajstić information content (AvgIpc) is 3.25. The number of hydrogen-bond donors (Lipinski definition) is 1. The number of nitrogens with zero attached hydrogens (tertiary/aromatic N) is 1. The Morgan fingerprint density at radius 1 is 1.12 bits per heavy atom. The van der Waals surface area contributed by atoms with Crippen molar-refractivity contribution in [1.29, 1.82) is 0 Å². The summed E-state index contributed by atoms with van der Waals surface area (Å²) in [6, 6.07) is 12.6. The quantitative estimate of drug-likeness (QED) is 0.751. The third kappa shape index (κ3) is 3.64. The van der Waals surface area contributed by atoms with Crippen LogP contribution in [0.2, 0.25) is 0 Å². The van der Waals surface area contributed by atoms with Crippen LogP contribution < -0.4 is 10.2 Å². The molecule has 25 heavy (non-hydrogen) atoms. The number of carbonyl (C=O) groups is 2. The maximum atomic E-state index is 12.7. The van der Waals surface area contributed by atoms with Gasteiger partial charge in [-0.25, -0.2) is 0 Å². The third-order valence-corrected chi connectivity index (χ3v) is 4.81. The summed E-state index contributed by atoms with van der Waals surface area (Å²) in [4.78, 5) is 26.9. The molecule has 0 spiro atoms. The molecule has 1 N–H and O–H groups in total. The van der Waals surface area contributed by atoms with Gasteiger partial charge in [-0.15, -0.1) is 11.3 Å². The molecule has 1 aromatic carbocycles. The van der Waals surface area contributed by atoms with Gasteiger partial charge in [0.15, 0.2) is 5.76 Å². The zero-order chi connectivity index (χ0) is 18.0. The fraction of sp³-hybridized carbons (Fsp3) is 0.158. The van der Waals surface area contributed by atoms with Crippen LogP contribution in [-0.2, 0) is 0 Å². The van der Waals surface area contributed by atoms with Crippen LogP contribution in [0.1, 0.15) is 31.4 Å². The van der Waals surface area contributed by atoms with Crippen molar-refractivity contribution in [3.05, 3.63) is 70.5 Å². The van der Waals surface area contributed by atoms with Crippen molar-refractivity contribution in [2.45, 2.75) is 13.8 Å². The predicted octanol–water partition coefficient (Wildman–Crippen LogP) is 4.49. The molecule has 0 aliphatic heterocycles. The maximum Gasteiger partial charge on any atom is 0.291 e. The molecule has 128 valence electrons. The number of benzene rings is 1. The van der Waals surface area contributed by atoms with Crippen molar-refractivity contribution < 1.29 is 14.0 Å². The van der Waals surface area contributed by atoms with E-state index >= 15 is 0 Å². The van der Waals surface area contributed by atoms with E-state index in [1.54, 1.807) is 36.2 Å². The van der Waals surface area contributed by atoms with Crippen LogP contribution in [0.15, 0.2) is 53.1 Å². The molecule has 2 heterocycles. The maximum absolute atomic E-state index is 12.7. The highest BCUT2D eigenvalue weighted by Crippen LogP contribution is 2.27. The minimum absolute atomic E-state index is 0.115. The van der Waals surface area contributed by atoms with E-state index in [0.717, 1.165) is 16.8 Å². The molecule has 0 atom stereocenters. The average molecular weight is 354 g/mol. The van der Waals surface area contributed by atoms with Crippen LogP contribution in [0.25, 0.3) is 0 Å². The summed E-state index contributed by atoms with van der Waals surface area (Å²) in [5, 5.41) is 3.33. The smallest absolute Gasteiger partial charge is 0.291 e. The highest BCUT2D eigenvalue weighted by atomic mass is 32.1. The minimum atomic E-state index is -0.339. The molecule has 0 radical (unpaired) electrons. The van der Waals surface area contributed by atoms with E-state index in [2.05, 4.69) is 5.32 Å². The molecule has 0 saturated carbocycles. The number of furan rings is 1. The second-order valence-electron chi connectivity index (χ2n) is 5.75. The topological polar surface area (TPSA) is 62.6 Å². The summed E-state index contributed by atoms with van der Waals surface area (Å²) in [6.07, 6.45) is 1.44. The summed E-state index contributed by atoms with van der Waals surface area (Å²) in [5.74, 6) is -0.224. The molecule has 0 aliphatic carbocycles. The third-order valence-electron chi connectivity index (χ3n) is 3.82. The van der Waals surface area contributed by atoms with Crippen LogP contribution in [0.3, 0.4) is 0 Å². The minimum Gasteiger partial charge on any atom is -0.459 e. The van der Waals surface area contributed by atoms with Gasteiger partial charge in [0, 0.05) is 12.7 Å². The number of carbonyl (C=O) groups excluding carboxylic acids is 2. The molecular formula is C19H18N2O3S. The molecular weight excluding hydrogens is 336 g/mol. The highest BCUT2D eigenvalue weighted by Gasteiger charge is 2.18. The fourth-order valence-electron chi connectivity index (χ4n) is 2.56. The van der Waals surface area contributed by atoms with Crippen molar-refractivity contribution in [3.63, 3.8) is 0 Å². The van der Waals surface area contributed by atoms with Crippen molar-refractivity contribution in [2.24, 2.45) is 0 Å². The van der Waals surface area contributed by atoms with E-state index in [4.69, 9.17) is 4.42 Å². The molecule has 6 heteroatoms. The second kappa shape index (κ2) is 6.94. The Morgan fingerprint density at radius 2 is 1.92 bits per heavy atom. The number of aryl methyl sites for hydroxylation is 2. The molecule has 2 aromatic heterocycles. The summed E-state index contributed by atoms with van der Waals surface area (Å²) in [6.45, 7) is 4.00. The lowest BCUT2D eigenvalue weighted by atomic mass is 10.1. The van der Waals surface area contributed by atoms with Gasteiger partial charge in [-0.1, -0.05) is 17.7 Å². The molecule has 0 fully saturated rings. The Bertz CT molecular complexity index is 913. The van der Waals surface area contributed by atoms with Gasteiger partial charge in [-0.05, 0) is 49.7 Å². The van der Waals surface area contributed by atoms with Crippen molar-refractivity contribution in [3.8, 4) is 0 Å². The van der Waals surface area contributed by atoms with E-state index in [-0.39, 0.29) is 17.6 Å². The summed E-state index contributed by atoms with van der Waals surface area (Å²) in [5.41, 5.74) is 3.06. The summed E-state index contributed by atoms with van der Waals surface area (Å²) in [7, 11) is 1.75. The van der Waals surface area contributed by atoms with Crippen LogP contribution in [0, 0.1) is 13.8 Å². The van der Waals surface area contributed by atoms with E-state index in [1.807, 2.05) is 32.0 Å². The normalized spacial score (nSPS) is 10.5. The van der Waals surface area contributed by atoms with Crippen molar-refractivity contribution in [2.75, 3.05) is 17.3 Å². The van der Waals surface area contributed by atoms with Gasteiger partial charge in [0.1, 0.15) is 0 Å². The predicted molar refractivity (Wildman–Crippen MR) is 99.6 cm³/mol. The first kappa shape index (κ1) is 17.0. The van der Waals surface area contributed by atoms with Gasteiger partial charge in [0.2, 0.25) is 0 Å². The van der Waals surface area contributed by atoms with E-state index in [9.17, 15) is 9.59 Å². The van der Waals surface area contributed by atoms with E-state index < -0.39 is 0 Å². The van der Waals surface area contributed by atoms with Gasteiger partial charge >= 0.3 is 0 Å². The van der Waals surface area contributed by atoms with Gasteiger partial charge in [0.05, 0.1) is 16.1 Å². The lowest BCUT2D eigenvalue weighted by Crippen LogP contribution is -2.26. The highest BCUT2D eigenvalue weighted by molar-refractivity contribution is 7.18. The number of nitrogens with one attached hydrogen (secondary N) is 1. The zero-order valence-electron chi connectivity index (χ0n) is 14.2. The molecule has 0 saturated heterocycles. The van der Waals surface area contributed by atoms with Gasteiger partial charge in [-0.2, -0.15) is 0 Å². The van der Waals surface area contributed by atoms with Crippen molar-refractivity contribution in [1.82, 2.24) is 0 Å². The Kier molecular flexibility index (Phi) is 4.72. The standard InChI is InChI=1S/C19H18N2O3S/c1-12-6-7-14(13(2)11-12)21(3)19(23)16-8-9-17(25-16)20-18(22)15-5-4-10-24-15/h4-11H,1-3H3,(H,20,22). The van der Waals surface area contributed by atoms with Gasteiger partial charge in [-0.3, -0.25) is 9.59 Å². The summed E-state index contributed by atoms with van der Waals surface area (Å²) >= 11 is 1.23. The van der Waals surface area contributed by atoms with E-state index in [0.29, 0.717) is 9.88 Å².